The van der Waals surface area contributed by atoms with Crippen molar-refractivity contribution in [2.45, 2.75) is 25.0 Å². The topological polar surface area (TPSA) is 101 Å². The summed E-state index contributed by atoms with van der Waals surface area (Å²) in [4.78, 5) is 16.5. The molecule has 1 heterocycles. The number of halogens is 1. The standard InChI is InChI=1S/C20H24N2O5.ClH/c1-26-15-5-2-4-14(8-15)19(25)22-12-20(9-17(23)18(24)10-20)13-27-16-6-3-7-21-11-16;/h2-8,11,17-18,23-24H,9-10,12-13H2,1H3,(H,22,25);1H/t17-,18+,20?;. The number of aliphatic hydroxyl groups excluding tert-OH is 2. The van der Waals surface area contributed by atoms with Crippen LogP contribution in [0.2, 0.25) is 0 Å². The molecule has 152 valence electrons. The lowest BCUT2D eigenvalue weighted by atomic mass is 9.86. The molecule has 3 rings (SSSR count). The number of aromatic nitrogens is 1. The number of carbonyl (C=O) groups excluding carboxylic acids is 1. The summed E-state index contributed by atoms with van der Waals surface area (Å²) in [6, 6.07) is 10.4. The number of pyridine rings is 1. The van der Waals surface area contributed by atoms with Crippen molar-refractivity contribution in [2.75, 3.05) is 20.3 Å². The van der Waals surface area contributed by atoms with Crippen LogP contribution in [-0.4, -0.2) is 53.6 Å². The lowest BCUT2D eigenvalue weighted by molar-refractivity contribution is 0.0438. The smallest absolute Gasteiger partial charge is 0.251 e. The summed E-state index contributed by atoms with van der Waals surface area (Å²) >= 11 is 0. The van der Waals surface area contributed by atoms with Crippen molar-refractivity contribution < 1.29 is 24.5 Å². The van der Waals surface area contributed by atoms with E-state index >= 15 is 0 Å². The van der Waals surface area contributed by atoms with Crippen molar-refractivity contribution in [1.29, 1.82) is 0 Å². The number of benzene rings is 1. The number of rotatable bonds is 7. The van der Waals surface area contributed by atoms with Gasteiger partial charge in [-0.05, 0) is 43.2 Å². The summed E-state index contributed by atoms with van der Waals surface area (Å²) in [5.41, 5.74) is -0.0831. The maximum Gasteiger partial charge on any atom is 0.251 e. The SMILES string of the molecule is COc1cccc(C(=O)NCC2(COc3cccnc3)C[C@@H](O)[C@@H](O)C2)c1.Cl. The predicted octanol–water partition coefficient (Wildman–Crippen LogP) is 1.82. The Morgan fingerprint density at radius 2 is 1.93 bits per heavy atom. The Morgan fingerprint density at radius 3 is 2.57 bits per heavy atom. The lowest BCUT2D eigenvalue weighted by Crippen LogP contribution is -2.40. The summed E-state index contributed by atoms with van der Waals surface area (Å²) in [6.07, 6.45) is 2.26. The molecule has 3 N–H and O–H groups in total. The van der Waals surface area contributed by atoms with Gasteiger partial charge >= 0.3 is 0 Å². The zero-order chi connectivity index (χ0) is 19.3. The molecule has 1 amide bonds. The van der Waals surface area contributed by atoms with E-state index in [0.29, 0.717) is 29.9 Å². The molecule has 0 bridgehead atoms. The van der Waals surface area contributed by atoms with Gasteiger partial charge in [-0.1, -0.05) is 6.07 Å². The number of ether oxygens (including phenoxy) is 2. The zero-order valence-electron chi connectivity index (χ0n) is 15.6. The monoisotopic (exact) mass is 408 g/mol. The molecular weight excluding hydrogens is 384 g/mol. The number of hydrogen-bond acceptors (Lipinski definition) is 6. The minimum Gasteiger partial charge on any atom is -0.497 e. The Bertz CT molecular complexity index is 764. The molecule has 28 heavy (non-hydrogen) atoms. The summed E-state index contributed by atoms with van der Waals surface area (Å²) in [6.45, 7) is 0.530. The summed E-state index contributed by atoms with van der Waals surface area (Å²) in [5.74, 6) is 0.960. The van der Waals surface area contributed by atoms with Crippen LogP contribution < -0.4 is 14.8 Å². The second-order valence-electron chi connectivity index (χ2n) is 6.93. The van der Waals surface area contributed by atoms with Crippen molar-refractivity contribution in [3.63, 3.8) is 0 Å². The normalized spacial score (nSPS) is 23.5. The number of hydrogen-bond donors (Lipinski definition) is 3. The third-order valence-corrected chi connectivity index (χ3v) is 4.86. The molecule has 1 aliphatic rings. The first kappa shape index (κ1) is 21.9. The van der Waals surface area contributed by atoms with Crippen molar-refractivity contribution >= 4 is 18.3 Å². The van der Waals surface area contributed by atoms with Gasteiger partial charge in [0.2, 0.25) is 0 Å². The second-order valence-corrected chi connectivity index (χ2v) is 6.93. The number of aliphatic hydroxyl groups is 2. The minimum absolute atomic E-state index is 0. The molecule has 7 nitrogen and oxygen atoms in total. The molecule has 0 aliphatic heterocycles. The van der Waals surface area contributed by atoms with Gasteiger partial charge < -0.3 is 25.0 Å². The fourth-order valence-corrected chi connectivity index (χ4v) is 3.36. The highest BCUT2D eigenvalue weighted by atomic mass is 35.5. The Labute approximate surface area is 170 Å². The molecule has 1 aromatic carbocycles. The van der Waals surface area contributed by atoms with Crippen molar-refractivity contribution in [2.24, 2.45) is 5.41 Å². The van der Waals surface area contributed by atoms with E-state index in [1.54, 1.807) is 55.9 Å². The largest absolute Gasteiger partial charge is 0.497 e. The Kier molecular flexibility index (Phi) is 7.62. The van der Waals surface area contributed by atoms with E-state index in [-0.39, 0.29) is 31.5 Å². The number of methoxy groups -OCH3 is 1. The van der Waals surface area contributed by atoms with Gasteiger partial charge in [0.05, 0.1) is 32.1 Å². The third kappa shape index (κ3) is 5.34. The van der Waals surface area contributed by atoms with Crippen LogP contribution in [0.1, 0.15) is 23.2 Å². The fourth-order valence-electron chi connectivity index (χ4n) is 3.36. The van der Waals surface area contributed by atoms with Crippen LogP contribution in [-0.2, 0) is 0 Å². The van der Waals surface area contributed by atoms with Crippen molar-refractivity contribution in [3.05, 3.63) is 54.4 Å². The van der Waals surface area contributed by atoms with Gasteiger partial charge in [-0.2, -0.15) is 0 Å². The molecular formula is C20H25ClN2O5. The van der Waals surface area contributed by atoms with Gasteiger partial charge in [0, 0.05) is 23.7 Å². The van der Waals surface area contributed by atoms with Gasteiger partial charge in [-0.3, -0.25) is 9.78 Å². The van der Waals surface area contributed by atoms with E-state index in [9.17, 15) is 15.0 Å². The highest BCUT2D eigenvalue weighted by molar-refractivity contribution is 5.94. The highest BCUT2D eigenvalue weighted by Gasteiger charge is 2.45. The number of nitrogens with zero attached hydrogens (tertiary/aromatic N) is 1. The third-order valence-electron chi connectivity index (χ3n) is 4.86. The average molecular weight is 409 g/mol. The highest BCUT2D eigenvalue weighted by Crippen LogP contribution is 2.38. The molecule has 0 spiro atoms. The van der Waals surface area contributed by atoms with Gasteiger partial charge in [0.25, 0.3) is 5.91 Å². The molecule has 0 saturated heterocycles. The predicted molar refractivity (Wildman–Crippen MR) is 106 cm³/mol. The van der Waals surface area contributed by atoms with E-state index in [2.05, 4.69) is 10.3 Å². The molecule has 1 saturated carbocycles. The van der Waals surface area contributed by atoms with E-state index < -0.39 is 17.6 Å². The maximum absolute atomic E-state index is 12.5. The van der Waals surface area contributed by atoms with Crippen LogP contribution in [0.15, 0.2) is 48.8 Å². The van der Waals surface area contributed by atoms with Crippen LogP contribution in [0.25, 0.3) is 0 Å². The van der Waals surface area contributed by atoms with Crippen LogP contribution in [0.5, 0.6) is 11.5 Å². The summed E-state index contributed by atoms with van der Waals surface area (Å²) < 4.78 is 11.0. The van der Waals surface area contributed by atoms with Crippen LogP contribution in [0.4, 0.5) is 0 Å². The number of amides is 1. The van der Waals surface area contributed by atoms with E-state index in [0.717, 1.165) is 0 Å². The average Bonchev–Trinajstić information content (AvgIpc) is 2.99. The van der Waals surface area contributed by atoms with Gasteiger partial charge in [0.15, 0.2) is 0 Å². The maximum atomic E-state index is 12.5. The van der Waals surface area contributed by atoms with Gasteiger partial charge in [0.1, 0.15) is 11.5 Å². The fraction of sp³-hybridized carbons (Fsp3) is 0.400. The summed E-state index contributed by atoms with van der Waals surface area (Å²) in [7, 11) is 1.54. The first-order valence-corrected chi connectivity index (χ1v) is 8.83. The second kappa shape index (κ2) is 9.73. The Morgan fingerprint density at radius 1 is 1.21 bits per heavy atom. The molecule has 1 fully saturated rings. The molecule has 0 radical (unpaired) electrons. The number of nitrogens with one attached hydrogen (secondary N) is 1. The molecule has 1 aliphatic carbocycles. The quantitative estimate of drug-likeness (QED) is 0.646. The lowest BCUT2D eigenvalue weighted by Gasteiger charge is -2.29. The molecule has 1 unspecified atom stereocenters. The van der Waals surface area contributed by atoms with E-state index in [4.69, 9.17) is 9.47 Å². The van der Waals surface area contributed by atoms with Gasteiger partial charge in [-0.15, -0.1) is 12.4 Å². The number of carbonyl (C=O) groups is 1. The van der Waals surface area contributed by atoms with Crippen LogP contribution >= 0.6 is 12.4 Å². The van der Waals surface area contributed by atoms with E-state index in [1.807, 2.05) is 0 Å². The Hall–Kier alpha value is -2.35. The molecule has 3 atom stereocenters. The van der Waals surface area contributed by atoms with Crippen LogP contribution in [0, 0.1) is 5.41 Å². The summed E-state index contributed by atoms with van der Waals surface area (Å²) in [5, 5.41) is 23.0. The molecule has 2 aromatic rings. The molecule has 1 aromatic heterocycles. The van der Waals surface area contributed by atoms with Crippen molar-refractivity contribution in [1.82, 2.24) is 10.3 Å². The first-order valence-electron chi connectivity index (χ1n) is 8.83. The van der Waals surface area contributed by atoms with Crippen LogP contribution in [0.3, 0.4) is 0 Å². The first-order chi connectivity index (χ1) is 13.0. The molecule has 8 heteroatoms. The zero-order valence-corrected chi connectivity index (χ0v) is 16.4. The minimum atomic E-state index is -0.837. The van der Waals surface area contributed by atoms with E-state index in [1.165, 1.54) is 0 Å². The Balaban J connectivity index is 0.00000280. The van der Waals surface area contributed by atoms with Crippen molar-refractivity contribution in [3.8, 4) is 11.5 Å². The van der Waals surface area contributed by atoms with Gasteiger partial charge in [-0.25, -0.2) is 0 Å².